The van der Waals surface area contributed by atoms with Gasteiger partial charge in [-0.2, -0.15) is 0 Å². The van der Waals surface area contributed by atoms with E-state index in [4.69, 9.17) is 0 Å². The average Bonchev–Trinajstić information content (AvgIpc) is 2.45. The number of rotatable bonds is 1. The van der Waals surface area contributed by atoms with E-state index in [1.807, 2.05) is 0 Å². The van der Waals surface area contributed by atoms with Crippen molar-refractivity contribution in [2.75, 3.05) is 0 Å². The number of nitrogens with zero attached hydrogens (tertiary/aromatic N) is 1. The predicted molar refractivity (Wildman–Crippen MR) is 44.8 cm³/mol. The second-order valence-corrected chi connectivity index (χ2v) is 3.16. The summed E-state index contributed by atoms with van der Waals surface area (Å²) in [7, 11) is 0. The fourth-order valence-corrected chi connectivity index (χ4v) is 1.71. The van der Waals surface area contributed by atoms with E-state index < -0.39 is 17.1 Å². The number of benzene rings is 1. The third-order valence-electron chi connectivity index (χ3n) is 2.39. The van der Waals surface area contributed by atoms with Crippen molar-refractivity contribution in [2.24, 2.45) is 0 Å². The summed E-state index contributed by atoms with van der Waals surface area (Å²) >= 11 is 0. The van der Waals surface area contributed by atoms with Crippen LogP contribution in [0.3, 0.4) is 0 Å². The van der Waals surface area contributed by atoms with Gasteiger partial charge in [-0.15, -0.1) is 0 Å². The highest BCUT2D eigenvalue weighted by Crippen LogP contribution is 2.35. The molecule has 0 radical (unpaired) electrons. The Balaban J connectivity index is 2.38. The van der Waals surface area contributed by atoms with Crippen molar-refractivity contribution in [3.8, 4) is 0 Å². The number of halogens is 1. The molecule has 0 aliphatic heterocycles. The molecule has 2 atom stereocenters. The summed E-state index contributed by atoms with van der Waals surface area (Å²) in [5.41, 5.74) is 1.24. The van der Waals surface area contributed by atoms with E-state index in [2.05, 4.69) is 0 Å². The maximum Gasteiger partial charge on any atom is 0.252 e. The molecule has 2 rings (SSSR count). The van der Waals surface area contributed by atoms with E-state index in [-0.39, 0.29) is 6.42 Å². The Morgan fingerprint density at radius 1 is 1.46 bits per heavy atom. The fourth-order valence-electron chi connectivity index (χ4n) is 1.71. The van der Waals surface area contributed by atoms with Crippen LogP contribution in [0.4, 0.5) is 4.39 Å². The van der Waals surface area contributed by atoms with Crippen LogP contribution in [-0.4, -0.2) is 11.0 Å². The average molecular weight is 181 g/mol. The van der Waals surface area contributed by atoms with Gasteiger partial charge in [0.15, 0.2) is 6.17 Å². The first-order chi connectivity index (χ1) is 6.20. The van der Waals surface area contributed by atoms with Crippen molar-refractivity contribution >= 4 is 0 Å². The van der Waals surface area contributed by atoms with Gasteiger partial charge >= 0.3 is 0 Å². The predicted octanol–water partition coefficient (Wildman–Crippen LogP) is 1.90. The lowest BCUT2D eigenvalue weighted by molar-refractivity contribution is -0.529. The summed E-state index contributed by atoms with van der Waals surface area (Å²) in [6.07, 6.45) is -1.23. The van der Waals surface area contributed by atoms with E-state index in [0.717, 1.165) is 5.56 Å². The molecule has 0 saturated heterocycles. The highest BCUT2D eigenvalue weighted by Gasteiger charge is 2.40. The van der Waals surface area contributed by atoms with E-state index >= 15 is 0 Å². The topological polar surface area (TPSA) is 43.1 Å². The molecule has 13 heavy (non-hydrogen) atoms. The molecule has 0 aromatic heterocycles. The number of nitro groups is 1. The van der Waals surface area contributed by atoms with E-state index in [0.29, 0.717) is 5.56 Å². The van der Waals surface area contributed by atoms with Crippen LogP contribution < -0.4 is 0 Å². The van der Waals surface area contributed by atoms with Crippen molar-refractivity contribution in [1.82, 2.24) is 0 Å². The Bertz CT molecular complexity index is 353. The molecule has 3 nitrogen and oxygen atoms in total. The van der Waals surface area contributed by atoms with Crippen LogP contribution in [-0.2, 0) is 6.42 Å². The van der Waals surface area contributed by atoms with Crippen molar-refractivity contribution < 1.29 is 9.31 Å². The number of hydrogen-bond acceptors (Lipinski definition) is 2. The molecule has 0 amide bonds. The number of alkyl halides is 1. The first-order valence-electron chi connectivity index (χ1n) is 4.05. The largest absolute Gasteiger partial charge is 0.264 e. The Morgan fingerprint density at radius 2 is 2.15 bits per heavy atom. The van der Waals surface area contributed by atoms with Crippen LogP contribution in [0.5, 0.6) is 0 Å². The van der Waals surface area contributed by atoms with Crippen molar-refractivity contribution in [2.45, 2.75) is 18.6 Å². The standard InChI is InChI=1S/C9H8FNO2/c10-9-7-4-2-1-3-6(7)5-8(9)11(12)13/h1-4,8-9H,5H2. The minimum absolute atomic E-state index is 0.213. The molecular weight excluding hydrogens is 173 g/mol. The summed E-state index contributed by atoms with van der Waals surface area (Å²) in [4.78, 5) is 9.91. The maximum atomic E-state index is 13.4. The molecule has 1 aliphatic rings. The van der Waals surface area contributed by atoms with E-state index in [1.54, 1.807) is 24.3 Å². The second kappa shape index (κ2) is 2.80. The van der Waals surface area contributed by atoms with Crippen molar-refractivity contribution in [1.29, 1.82) is 0 Å². The first-order valence-corrected chi connectivity index (χ1v) is 4.05. The Labute approximate surface area is 74.3 Å². The number of hydrogen-bond donors (Lipinski definition) is 0. The molecule has 0 fully saturated rings. The van der Waals surface area contributed by atoms with Gasteiger partial charge in [-0.1, -0.05) is 24.3 Å². The molecule has 2 unspecified atom stereocenters. The van der Waals surface area contributed by atoms with Gasteiger partial charge in [0.1, 0.15) is 0 Å². The van der Waals surface area contributed by atoms with Crippen LogP contribution in [0.15, 0.2) is 24.3 Å². The van der Waals surface area contributed by atoms with Gasteiger partial charge < -0.3 is 0 Å². The van der Waals surface area contributed by atoms with Crippen LogP contribution >= 0.6 is 0 Å². The summed E-state index contributed by atoms with van der Waals surface area (Å²) in [6, 6.07) is 5.74. The minimum atomic E-state index is -1.44. The Hall–Kier alpha value is -1.45. The minimum Gasteiger partial charge on any atom is -0.264 e. The zero-order chi connectivity index (χ0) is 9.42. The third-order valence-corrected chi connectivity index (χ3v) is 2.39. The first kappa shape index (κ1) is 8.16. The monoisotopic (exact) mass is 181 g/mol. The molecule has 0 N–H and O–H groups in total. The second-order valence-electron chi connectivity index (χ2n) is 3.16. The third kappa shape index (κ3) is 1.18. The molecular formula is C9H8FNO2. The van der Waals surface area contributed by atoms with Crippen LogP contribution in [0.1, 0.15) is 17.3 Å². The normalized spacial score (nSPS) is 25.6. The van der Waals surface area contributed by atoms with Gasteiger partial charge in [-0.25, -0.2) is 4.39 Å². The van der Waals surface area contributed by atoms with Crippen LogP contribution in [0.25, 0.3) is 0 Å². The molecule has 4 heteroatoms. The summed E-state index contributed by atoms with van der Waals surface area (Å²) in [5.74, 6) is 0. The van der Waals surface area contributed by atoms with Crippen LogP contribution in [0, 0.1) is 10.1 Å². The van der Waals surface area contributed by atoms with Gasteiger partial charge in [0.2, 0.25) is 0 Å². The van der Waals surface area contributed by atoms with Gasteiger partial charge in [-0.3, -0.25) is 10.1 Å². The zero-order valence-electron chi connectivity index (χ0n) is 6.81. The number of fused-ring (bicyclic) bond motifs is 1. The highest BCUT2D eigenvalue weighted by atomic mass is 19.1. The lowest BCUT2D eigenvalue weighted by Crippen LogP contribution is -2.21. The van der Waals surface area contributed by atoms with Crippen molar-refractivity contribution in [3.63, 3.8) is 0 Å². The molecule has 1 aliphatic carbocycles. The van der Waals surface area contributed by atoms with Crippen LogP contribution in [0.2, 0.25) is 0 Å². The summed E-state index contributed by atoms with van der Waals surface area (Å²) in [5, 5.41) is 10.4. The summed E-state index contributed by atoms with van der Waals surface area (Å²) in [6.45, 7) is 0. The molecule has 0 heterocycles. The Kier molecular flexibility index (Phi) is 1.76. The highest BCUT2D eigenvalue weighted by molar-refractivity contribution is 5.35. The lowest BCUT2D eigenvalue weighted by Gasteiger charge is -2.03. The van der Waals surface area contributed by atoms with Gasteiger partial charge in [0.05, 0.1) is 0 Å². The van der Waals surface area contributed by atoms with Gasteiger partial charge in [-0.05, 0) is 11.1 Å². The van der Waals surface area contributed by atoms with E-state index in [9.17, 15) is 14.5 Å². The molecule has 0 saturated carbocycles. The zero-order valence-corrected chi connectivity index (χ0v) is 6.81. The Morgan fingerprint density at radius 3 is 2.77 bits per heavy atom. The smallest absolute Gasteiger partial charge is 0.252 e. The van der Waals surface area contributed by atoms with E-state index in [1.165, 1.54) is 0 Å². The fraction of sp³-hybridized carbons (Fsp3) is 0.333. The molecule has 0 bridgehead atoms. The lowest BCUT2D eigenvalue weighted by atomic mass is 10.1. The summed E-state index contributed by atoms with van der Waals surface area (Å²) < 4.78 is 13.4. The molecule has 0 spiro atoms. The van der Waals surface area contributed by atoms with Gasteiger partial charge in [0, 0.05) is 11.3 Å². The van der Waals surface area contributed by atoms with Crippen molar-refractivity contribution in [3.05, 3.63) is 45.5 Å². The SMILES string of the molecule is O=[N+]([O-])C1Cc2ccccc2C1F. The quantitative estimate of drug-likeness (QED) is 0.490. The molecule has 68 valence electrons. The maximum absolute atomic E-state index is 13.4. The molecule has 1 aromatic carbocycles. The van der Waals surface area contributed by atoms with Gasteiger partial charge in [0.25, 0.3) is 6.04 Å². The molecule has 1 aromatic rings.